The first-order chi connectivity index (χ1) is 7.65. The van der Waals surface area contributed by atoms with Gasteiger partial charge in [-0.2, -0.15) is 0 Å². The number of halogens is 2. The molecular formula is C12H21Cl2N3O. The lowest BCUT2D eigenvalue weighted by Crippen LogP contribution is -2.27. The molecule has 0 atom stereocenters. The zero-order valence-electron chi connectivity index (χ0n) is 10.9. The number of amides is 1. The molecule has 0 aliphatic carbocycles. The average molecular weight is 294 g/mol. The summed E-state index contributed by atoms with van der Waals surface area (Å²) in [5.41, 5.74) is 2.38. The van der Waals surface area contributed by atoms with Crippen LogP contribution in [-0.4, -0.2) is 31.0 Å². The number of hydrogen-bond acceptors (Lipinski definition) is 3. The predicted octanol–water partition coefficient (Wildman–Crippen LogP) is 1.88. The summed E-state index contributed by atoms with van der Waals surface area (Å²) in [6, 6.07) is 3.68. The third-order valence-corrected chi connectivity index (χ3v) is 2.36. The smallest absolute Gasteiger partial charge is 0.253 e. The van der Waals surface area contributed by atoms with Crippen molar-refractivity contribution in [3.8, 4) is 0 Å². The van der Waals surface area contributed by atoms with Crippen LogP contribution >= 0.6 is 24.8 Å². The van der Waals surface area contributed by atoms with Gasteiger partial charge in [0.05, 0.1) is 11.3 Å². The van der Waals surface area contributed by atoms with E-state index in [2.05, 4.69) is 15.6 Å². The lowest BCUT2D eigenvalue weighted by Gasteiger charge is -2.07. The molecule has 18 heavy (non-hydrogen) atoms. The lowest BCUT2D eigenvalue weighted by atomic mass is 10.1. The zero-order valence-corrected chi connectivity index (χ0v) is 12.6. The number of pyridine rings is 1. The highest BCUT2D eigenvalue weighted by atomic mass is 35.5. The van der Waals surface area contributed by atoms with Gasteiger partial charge >= 0.3 is 0 Å². The van der Waals surface area contributed by atoms with Crippen LogP contribution in [0.3, 0.4) is 0 Å². The van der Waals surface area contributed by atoms with Crippen LogP contribution < -0.4 is 10.6 Å². The highest BCUT2D eigenvalue weighted by molar-refractivity contribution is 5.95. The van der Waals surface area contributed by atoms with E-state index < -0.39 is 0 Å². The largest absolute Gasteiger partial charge is 0.352 e. The molecule has 0 aromatic carbocycles. The normalized spacial score (nSPS) is 9.06. The second-order valence-electron chi connectivity index (χ2n) is 3.80. The second kappa shape index (κ2) is 10.1. The van der Waals surface area contributed by atoms with E-state index in [1.165, 1.54) is 0 Å². The highest BCUT2D eigenvalue weighted by Gasteiger charge is 2.08. The molecule has 4 nitrogen and oxygen atoms in total. The maximum atomic E-state index is 11.8. The topological polar surface area (TPSA) is 54.0 Å². The Bertz CT molecular complexity index is 372. The summed E-state index contributed by atoms with van der Waals surface area (Å²) in [6.45, 7) is 5.37. The number of carbonyl (C=O) groups excluding carboxylic acids is 1. The van der Waals surface area contributed by atoms with Gasteiger partial charge in [0.2, 0.25) is 0 Å². The van der Waals surface area contributed by atoms with Crippen molar-refractivity contribution in [2.75, 3.05) is 20.1 Å². The first kappa shape index (κ1) is 19.5. The van der Waals surface area contributed by atoms with E-state index in [1.807, 2.05) is 33.0 Å². The van der Waals surface area contributed by atoms with Crippen molar-refractivity contribution in [3.05, 3.63) is 29.1 Å². The van der Waals surface area contributed by atoms with Gasteiger partial charge in [-0.05, 0) is 46.0 Å². The van der Waals surface area contributed by atoms with Gasteiger partial charge in [0.1, 0.15) is 0 Å². The fraction of sp³-hybridized carbons (Fsp3) is 0.500. The minimum absolute atomic E-state index is 0. The molecule has 104 valence electrons. The van der Waals surface area contributed by atoms with Crippen LogP contribution in [-0.2, 0) is 0 Å². The second-order valence-corrected chi connectivity index (χ2v) is 3.80. The first-order valence-electron chi connectivity index (χ1n) is 5.52. The van der Waals surface area contributed by atoms with Crippen LogP contribution in [0.15, 0.2) is 12.1 Å². The molecule has 1 aromatic heterocycles. The van der Waals surface area contributed by atoms with Gasteiger partial charge in [-0.25, -0.2) is 0 Å². The van der Waals surface area contributed by atoms with Crippen LogP contribution in [0.2, 0.25) is 0 Å². The monoisotopic (exact) mass is 293 g/mol. The van der Waals surface area contributed by atoms with Crippen LogP contribution in [0.25, 0.3) is 0 Å². The van der Waals surface area contributed by atoms with Crippen molar-refractivity contribution in [1.29, 1.82) is 0 Å². The Balaban J connectivity index is 0. The Kier molecular flexibility index (Phi) is 11.0. The molecule has 0 spiro atoms. The van der Waals surface area contributed by atoms with Crippen molar-refractivity contribution in [1.82, 2.24) is 15.6 Å². The van der Waals surface area contributed by atoms with Gasteiger partial charge in [-0.3, -0.25) is 9.78 Å². The van der Waals surface area contributed by atoms with Crippen LogP contribution in [0.4, 0.5) is 0 Å². The Morgan fingerprint density at radius 1 is 1.22 bits per heavy atom. The third-order valence-electron chi connectivity index (χ3n) is 2.36. The summed E-state index contributed by atoms with van der Waals surface area (Å²) >= 11 is 0. The van der Waals surface area contributed by atoms with Crippen LogP contribution in [0.5, 0.6) is 0 Å². The molecule has 0 saturated carbocycles. The van der Waals surface area contributed by atoms with Gasteiger partial charge in [-0.1, -0.05) is 0 Å². The van der Waals surface area contributed by atoms with Crippen molar-refractivity contribution < 1.29 is 4.79 Å². The maximum absolute atomic E-state index is 11.8. The van der Waals surface area contributed by atoms with Crippen molar-refractivity contribution in [3.63, 3.8) is 0 Å². The predicted molar refractivity (Wildman–Crippen MR) is 79.1 cm³/mol. The van der Waals surface area contributed by atoms with Crippen molar-refractivity contribution in [2.24, 2.45) is 0 Å². The molecule has 0 fully saturated rings. The molecule has 1 amide bonds. The quantitative estimate of drug-likeness (QED) is 0.815. The van der Waals surface area contributed by atoms with E-state index in [0.29, 0.717) is 12.1 Å². The third kappa shape index (κ3) is 6.19. The average Bonchev–Trinajstić information content (AvgIpc) is 2.24. The highest BCUT2D eigenvalue weighted by Crippen LogP contribution is 2.05. The minimum Gasteiger partial charge on any atom is -0.352 e. The molecule has 6 heteroatoms. The van der Waals surface area contributed by atoms with E-state index >= 15 is 0 Å². The van der Waals surface area contributed by atoms with E-state index in [4.69, 9.17) is 0 Å². The Morgan fingerprint density at radius 3 is 2.44 bits per heavy atom. The van der Waals surface area contributed by atoms with Gasteiger partial charge in [-0.15, -0.1) is 24.8 Å². The number of nitrogens with zero attached hydrogens (tertiary/aromatic N) is 1. The van der Waals surface area contributed by atoms with E-state index in [9.17, 15) is 4.79 Å². The molecule has 1 aromatic rings. The van der Waals surface area contributed by atoms with E-state index in [1.54, 1.807) is 0 Å². The zero-order chi connectivity index (χ0) is 12.0. The number of aromatic nitrogens is 1. The van der Waals surface area contributed by atoms with Crippen LogP contribution in [0, 0.1) is 13.8 Å². The standard InChI is InChI=1S/C12H19N3O.2ClH/c1-9-5-6-11(10(2)15-9)12(16)14-8-4-7-13-3;;/h5-6,13H,4,7-8H2,1-3H3,(H,14,16);2*1H. The van der Waals surface area contributed by atoms with E-state index in [0.717, 1.165) is 24.4 Å². The number of carbonyl (C=O) groups is 1. The Labute approximate surface area is 121 Å². The van der Waals surface area contributed by atoms with Gasteiger partial charge in [0.15, 0.2) is 0 Å². The summed E-state index contributed by atoms with van der Waals surface area (Å²) in [5.74, 6) is -0.0406. The van der Waals surface area contributed by atoms with Crippen molar-refractivity contribution >= 4 is 30.7 Å². The van der Waals surface area contributed by atoms with Crippen molar-refractivity contribution in [2.45, 2.75) is 20.3 Å². The molecule has 0 radical (unpaired) electrons. The molecule has 0 aliphatic rings. The first-order valence-corrected chi connectivity index (χ1v) is 5.52. The SMILES string of the molecule is CNCCCNC(=O)c1ccc(C)nc1C.Cl.Cl. The number of rotatable bonds is 5. The summed E-state index contributed by atoms with van der Waals surface area (Å²) in [7, 11) is 1.90. The summed E-state index contributed by atoms with van der Waals surface area (Å²) in [4.78, 5) is 16.0. The molecule has 0 unspecified atom stereocenters. The Hall–Kier alpha value is -0.840. The molecule has 1 rings (SSSR count). The van der Waals surface area contributed by atoms with Gasteiger partial charge < -0.3 is 10.6 Å². The summed E-state index contributed by atoms with van der Waals surface area (Å²) in [5, 5.41) is 5.91. The number of aryl methyl sites for hydroxylation is 2. The molecule has 1 heterocycles. The van der Waals surface area contributed by atoms with Crippen LogP contribution in [0.1, 0.15) is 28.2 Å². The Morgan fingerprint density at radius 2 is 1.89 bits per heavy atom. The number of nitrogens with one attached hydrogen (secondary N) is 2. The minimum atomic E-state index is -0.0406. The maximum Gasteiger partial charge on any atom is 0.253 e. The van der Waals surface area contributed by atoms with Gasteiger partial charge in [0, 0.05) is 12.2 Å². The number of hydrogen-bond donors (Lipinski definition) is 2. The van der Waals surface area contributed by atoms with Gasteiger partial charge in [0.25, 0.3) is 5.91 Å². The molecular weight excluding hydrogens is 273 g/mol. The van der Waals surface area contributed by atoms with E-state index in [-0.39, 0.29) is 30.7 Å². The molecule has 2 N–H and O–H groups in total. The summed E-state index contributed by atoms with van der Waals surface area (Å²) < 4.78 is 0. The fourth-order valence-electron chi connectivity index (χ4n) is 1.49. The molecule has 0 bridgehead atoms. The lowest BCUT2D eigenvalue weighted by molar-refractivity contribution is 0.0952. The summed E-state index contributed by atoms with van der Waals surface area (Å²) in [6.07, 6.45) is 0.931. The molecule has 0 aliphatic heterocycles. The molecule has 0 saturated heterocycles. The fourth-order valence-corrected chi connectivity index (χ4v) is 1.49.